The number of carbonyl (C=O) groups excluding carboxylic acids is 2. The van der Waals surface area contributed by atoms with E-state index in [-0.39, 0.29) is 10.0 Å². The summed E-state index contributed by atoms with van der Waals surface area (Å²) in [7, 11) is 1.47. The molecule has 1 heterocycles. The Hall–Kier alpha value is -2.61. The normalized spacial score (nSPS) is 13.6. The van der Waals surface area contributed by atoms with Gasteiger partial charge in [-0.3, -0.25) is 9.69 Å². The molecule has 25 heavy (non-hydrogen) atoms. The van der Waals surface area contributed by atoms with Crippen molar-refractivity contribution in [1.29, 1.82) is 0 Å². The zero-order valence-corrected chi connectivity index (χ0v) is 14.8. The van der Waals surface area contributed by atoms with E-state index in [4.69, 9.17) is 9.47 Å². The van der Waals surface area contributed by atoms with Crippen LogP contribution in [0, 0.1) is 5.82 Å². The van der Waals surface area contributed by atoms with Crippen molar-refractivity contribution in [2.24, 2.45) is 0 Å². The Morgan fingerprint density at radius 2 is 2.16 bits per heavy atom. The first-order valence-electron chi connectivity index (χ1n) is 7.39. The number of amides is 2. The van der Waals surface area contributed by atoms with E-state index in [9.17, 15) is 14.0 Å². The van der Waals surface area contributed by atoms with Crippen LogP contribution in [-0.2, 0) is 4.74 Å². The molecule has 0 saturated carbocycles. The number of cyclic esters (lactones) is 1. The van der Waals surface area contributed by atoms with Crippen molar-refractivity contribution in [3.63, 3.8) is 0 Å². The molecule has 1 saturated heterocycles. The maximum absolute atomic E-state index is 13.6. The van der Waals surface area contributed by atoms with Gasteiger partial charge in [0.15, 0.2) is 0 Å². The van der Waals surface area contributed by atoms with E-state index in [1.807, 2.05) is 0 Å². The fraction of sp³-hybridized carbons (Fsp3) is 0.176. The third-order valence-corrected chi connectivity index (χ3v) is 4.49. The van der Waals surface area contributed by atoms with Gasteiger partial charge in [0.2, 0.25) is 0 Å². The summed E-state index contributed by atoms with van der Waals surface area (Å²) in [5.41, 5.74) is 1.18. The lowest BCUT2D eigenvalue weighted by atomic mass is 10.2. The molecule has 0 aliphatic carbocycles. The first-order valence-corrected chi connectivity index (χ1v) is 8.18. The highest BCUT2D eigenvalue weighted by Gasteiger charge is 2.26. The molecular weight excluding hydrogens is 395 g/mol. The number of anilines is 2. The molecule has 1 fully saturated rings. The number of nitrogens with zero attached hydrogens (tertiary/aromatic N) is 1. The van der Waals surface area contributed by atoms with Gasteiger partial charge in [0, 0.05) is 11.8 Å². The third-order valence-electron chi connectivity index (χ3n) is 3.69. The Balaban J connectivity index is 1.85. The fourth-order valence-electron chi connectivity index (χ4n) is 2.47. The SMILES string of the molecule is COc1cc(NC(=O)c2cccc(F)c2Br)ccc1N1CCOC1=O. The Morgan fingerprint density at radius 1 is 1.36 bits per heavy atom. The molecule has 130 valence electrons. The van der Waals surface area contributed by atoms with Gasteiger partial charge in [0.05, 0.1) is 29.4 Å². The number of nitrogens with one attached hydrogen (secondary N) is 1. The van der Waals surface area contributed by atoms with E-state index in [1.54, 1.807) is 18.2 Å². The molecule has 2 aromatic carbocycles. The Kier molecular flexibility index (Phi) is 4.89. The molecule has 0 aromatic heterocycles. The van der Waals surface area contributed by atoms with Crippen LogP contribution in [-0.4, -0.2) is 32.3 Å². The van der Waals surface area contributed by atoms with Crippen molar-refractivity contribution in [3.05, 3.63) is 52.3 Å². The van der Waals surface area contributed by atoms with Crippen LogP contribution in [0.5, 0.6) is 5.75 Å². The number of ether oxygens (including phenoxy) is 2. The quantitative estimate of drug-likeness (QED) is 0.834. The number of hydrogen-bond acceptors (Lipinski definition) is 4. The molecule has 0 atom stereocenters. The molecular formula is C17H14BrFN2O4. The van der Waals surface area contributed by atoms with Gasteiger partial charge in [-0.1, -0.05) is 6.07 Å². The summed E-state index contributed by atoms with van der Waals surface area (Å²) < 4.78 is 23.9. The Bertz CT molecular complexity index is 843. The van der Waals surface area contributed by atoms with E-state index in [0.29, 0.717) is 30.3 Å². The highest BCUT2D eigenvalue weighted by atomic mass is 79.9. The molecule has 8 heteroatoms. The summed E-state index contributed by atoms with van der Waals surface area (Å²) in [4.78, 5) is 25.5. The average molecular weight is 409 g/mol. The minimum Gasteiger partial charge on any atom is -0.494 e. The molecule has 1 aliphatic rings. The van der Waals surface area contributed by atoms with Crippen LogP contribution < -0.4 is 15.0 Å². The van der Waals surface area contributed by atoms with Crippen molar-refractivity contribution in [2.45, 2.75) is 0 Å². The van der Waals surface area contributed by atoms with Gasteiger partial charge in [0.1, 0.15) is 18.2 Å². The summed E-state index contributed by atoms with van der Waals surface area (Å²) >= 11 is 3.07. The number of methoxy groups -OCH3 is 1. The number of rotatable bonds is 4. The van der Waals surface area contributed by atoms with Crippen molar-refractivity contribution >= 4 is 39.3 Å². The van der Waals surface area contributed by atoms with Crippen LogP contribution in [0.15, 0.2) is 40.9 Å². The average Bonchev–Trinajstić information content (AvgIpc) is 3.03. The van der Waals surface area contributed by atoms with E-state index in [1.165, 1.54) is 30.2 Å². The van der Waals surface area contributed by atoms with Crippen molar-refractivity contribution in [3.8, 4) is 5.75 Å². The van der Waals surface area contributed by atoms with E-state index in [2.05, 4.69) is 21.2 Å². The third kappa shape index (κ3) is 3.43. The maximum atomic E-state index is 13.6. The standard InChI is InChI=1S/C17H14BrFN2O4/c1-24-14-9-10(5-6-13(14)21-7-8-25-17(21)23)20-16(22)11-3-2-4-12(19)15(11)18/h2-6,9H,7-8H2,1H3,(H,20,22). The number of benzene rings is 2. The lowest BCUT2D eigenvalue weighted by Gasteiger charge is -2.17. The molecule has 0 radical (unpaired) electrons. The van der Waals surface area contributed by atoms with Crippen LogP contribution in [0.2, 0.25) is 0 Å². The van der Waals surface area contributed by atoms with E-state index < -0.39 is 17.8 Å². The largest absolute Gasteiger partial charge is 0.494 e. The summed E-state index contributed by atoms with van der Waals surface area (Å²) in [6.45, 7) is 0.741. The highest BCUT2D eigenvalue weighted by Crippen LogP contribution is 2.33. The molecule has 6 nitrogen and oxygen atoms in total. The highest BCUT2D eigenvalue weighted by molar-refractivity contribution is 9.10. The summed E-state index contributed by atoms with van der Waals surface area (Å²) in [5, 5.41) is 2.68. The topological polar surface area (TPSA) is 67.9 Å². The van der Waals surface area contributed by atoms with Gasteiger partial charge in [-0.15, -0.1) is 0 Å². The molecule has 0 unspecified atom stereocenters. The van der Waals surface area contributed by atoms with E-state index in [0.717, 1.165) is 0 Å². The zero-order chi connectivity index (χ0) is 18.0. The van der Waals surface area contributed by atoms with E-state index >= 15 is 0 Å². The predicted octanol–water partition coefficient (Wildman–Crippen LogP) is 3.81. The molecule has 2 aromatic rings. The van der Waals surface area contributed by atoms with Crippen LogP contribution in [0.3, 0.4) is 0 Å². The number of carbonyl (C=O) groups is 2. The maximum Gasteiger partial charge on any atom is 0.414 e. The summed E-state index contributed by atoms with van der Waals surface area (Å²) in [6.07, 6.45) is -0.446. The van der Waals surface area contributed by atoms with Crippen LogP contribution in [0.25, 0.3) is 0 Å². The summed E-state index contributed by atoms with van der Waals surface area (Å²) in [5.74, 6) is -0.579. The van der Waals surface area contributed by atoms with Crippen molar-refractivity contribution < 1.29 is 23.5 Å². The molecule has 1 aliphatic heterocycles. The van der Waals surface area contributed by atoms with Crippen LogP contribution in [0.1, 0.15) is 10.4 Å². The fourth-order valence-corrected chi connectivity index (χ4v) is 2.91. The minimum atomic E-state index is -0.520. The molecule has 3 rings (SSSR count). The first-order chi connectivity index (χ1) is 12.0. The number of hydrogen-bond donors (Lipinski definition) is 1. The smallest absolute Gasteiger partial charge is 0.414 e. The van der Waals surface area contributed by atoms with Gasteiger partial charge in [-0.2, -0.15) is 0 Å². The van der Waals surface area contributed by atoms with Gasteiger partial charge in [-0.05, 0) is 40.2 Å². The minimum absolute atomic E-state index is 0.0934. The molecule has 2 amide bonds. The Labute approximate surface area is 151 Å². The second-order valence-electron chi connectivity index (χ2n) is 5.21. The first kappa shape index (κ1) is 17.2. The second-order valence-corrected chi connectivity index (χ2v) is 6.00. The van der Waals surface area contributed by atoms with Gasteiger partial charge in [-0.25, -0.2) is 9.18 Å². The second kappa shape index (κ2) is 7.10. The summed E-state index contributed by atoms with van der Waals surface area (Å²) in [6, 6.07) is 9.10. The lowest BCUT2D eigenvalue weighted by Crippen LogP contribution is -2.24. The molecule has 0 spiro atoms. The Morgan fingerprint density at radius 3 is 2.84 bits per heavy atom. The van der Waals surface area contributed by atoms with Gasteiger partial charge in [0.25, 0.3) is 5.91 Å². The number of halogens is 2. The zero-order valence-electron chi connectivity index (χ0n) is 13.2. The van der Waals surface area contributed by atoms with Crippen LogP contribution in [0.4, 0.5) is 20.6 Å². The van der Waals surface area contributed by atoms with Gasteiger partial charge >= 0.3 is 6.09 Å². The monoisotopic (exact) mass is 408 g/mol. The van der Waals surface area contributed by atoms with Crippen molar-refractivity contribution in [1.82, 2.24) is 0 Å². The lowest BCUT2D eigenvalue weighted by molar-refractivity contribution is 0.102. The van der Waals surface area contributed by atoms with Crippen LogP contribution >= 0.6 is 15.9 Å². The van der Waals surface area contributed by atoms with Crippen molar-refractivity contribution in [2.75, 3.05) is 30.5 Å². The predicted molar refractivity (Wildman–Crippen MR) is 93.7 cm³/mol. The molecule has 0 bridgehead atoms. The van der Waals surface area contributed by atoms with Gasteiger partial charge < -0.3 is 14.8 Å². The molecule has 1 N–H and O–H groups in total.